The highest BCUT2D eigenvalue weighted by molar-refractivity contribution is 7.89. The van der Waals surface area contributed by atoms with Crippen LogP contribution in [0.1, 0.15) is 12.8 Å². The van der Waals surface area contributed by atoms with Gasteiger partial charge in [0.15, 0.2) is 0 Å². The van der Waals surface area contributed by atoms with E-state index in [9.17, 15) is 8.42 Å². The zero-order valence-electron chi connectivity index (χ0n) is 12.8. The van der Waals surface area contributed by atoms with Crippen LogP contribution in [0, 0.1) is 5.92 Å². The van der Waals surface area contributed by atoms with Crippen molar-refractivity contribution in [1.29, 1.82) is 0 Å². The zero-order valence-corrected chi connectivity index (χ0v) is 14.4. The van der Waals surface area contributed by atoms with E-state index in [-0.39, 0.29) is 4.90 Å². The number of nitrogens with zero attached hydrogens (tertiary/aromatic N) is 1. The molecule has 5 nitrogen and oxygen atoms in total. The SMILES string of the molecule is COCCN1CCC(CNS(=O)(=O)c2cccc(Cl)c2)CC1. The molecule has 22 heavy (non-hydrogen) atoms. The van der Waals surface area contributed by atoms with Crippen LogP contribution in [0.5, 0.6) is 0 Å². The van der Waals surface area contributed by atoms with E-state index in [4.69, 9.17) is 16.3 Å². The van der Waals surface area contributed by atoms with E-state index >= 15 is 0 Å². The lowest BCUT2D eigenvalue weighted by Gasteiger charge is -2.31. The normalized spacial score (nSPS) is 17.7. The van der Waals surface area contributed by atoms with Gasteiger partial charge in [0, 0.05) is 25.2 Å². The third-order valence-corrected chi connectivity index (χ3v) is 5.64. The maximum atomic E-state index is 12.2. The minimum Gasteiger partial charge on any atom is -0.383 e. The van der Waals surface area contributed by atoms with Crippen LogP contribution in [0.25, 0.3) is 0 Å². The smallest absolute Gasteiger partial charge is 0.240 e. The summed E-state index contributed by atoms with van der Waals surface area (Å²) in [5, 5.41) is 0.425. The van der Waals surface area contributed by atoms with E-state index in [2.05, 4.69) is 9.62 Å². The molecule has 1 aliphatic heterocycles. The van der Waals surface area contributed by atoms with Gasteiger partial charge < -0.3 is 9.64 Å². The molecule has 2 rings (SSSR count). The minimum absolute atomic E-state index is 0.220. The Kier molecular flexibility index (Phi) is 6.65. The predicted molar refractivity (Wildman–Crippen MR) is 87.7 cm³/mol. The number of piperidine rings is 1. The summed E-state index contributed by atoms with van der Waals surface area (Å²) in [6, 6.07) is 6.33. The Labute approximate surface area is 137 Å². The number of methoxy groups -OCH3 is 1. The fourth-order valence-corrected chi connectivity index (χ4v) is 4.00. The molecule has 0 bridgehead atoms. The van der Waals surface area contributed by atoms with Crippen LogP contribution in [0.15, 0.2) is 29.2 Å². The van der Waals surface area contributed by atoms with Gasteiger partial charge in [0.05, 0.1) is 11.5 Å². The number of nitrogens with one attached hydrogen (secondary N) is 1. The fraction of sp³-hybridized carbons (Fsp3) is 0.600. The molecule has 0 aliphatic carbocycles. The summed E-state index contributed by atoms with van der Waals surface area (Å²) >= 11 is 5.85. The quantitative estimate of drug-likeness (QED) is 0.820. The van der Waals surface area contributed by atoms with Gasteiger partial charge in [0.25, 0.3) is 0 Å². The van der Waals surface area contributed by atoms with Crippen LogP contribution in [0.4, 0.5) is 0 Å². The maximum absolute atomic E-state index is 12.2. The highest BCUT2D eigenvalue weighted by Gasteiger charge is 2.21. The van der Waals surface area contributed by atoms with Crippen LogP contribution in [0.2, 0.25) is 5.02 Å². The van der Waals surface area contributed by atoms with Crippen molar-refractivity contribution in [3.05, 3.63) is 29.3 Å². The van der Waals surface area contributed by atoms with Crippen LogP contribution >= 0.6 is 11.6 Å². The molecule has 1 fully saturated rings. The number of sulfonamides is 1. The minimum atomic E-state index is -3.48. The number of likely N-dealkylation sites (tertiary alicyclic amines) is 1. The lowest BCUT2D eigenvalue weighted by molar-refractivity contribution is 0.121. The molecule has 1 saturated heterocycles. The monoisotopic (exact) mass is 346 g/mol. The van der Waals surface area contributed by atoms with Crippen LogP contribution in [-0.4, -0.2) is 53.2 Å². The number of benzene rings is 1. The Balaban J connectivity index is 1.81. The average molecular weight is 347 g/mol. The molecule has 0 spiro atoms. The summed E-state index contributed by atoms with van der Waals surface area (Å²) in [7, 11) is -1.77. The molecule has 1 aromatic carbocycles. The highest BCUT2D eigenvalue weighted by atomic mass is 35.5. The third kappa shape index (κ3) is 5.21. The summed E-state index contributed by atoms with van der Waals surface area (Å²) < 4.78 is 32.3. The van der Waals surface area contributed by atoms with Gasteiger partial charge in [-0.15, -0.1) is 0 Å². The molecule has 7 heteroatoms. The van der Waals surface area contributed by atoms with Gasteiger partial charge in [-0.2, -0.15) is 0 Å². The van der Waals surface area contributed by atoms with Crippen molar-refractivity contribution < 1.29 is 13.2 Å². The first-order valence-corrected chi connectivity index (χ1v) is 9.34. The van der Waals surface area contributed by atoms with Crippen molar-refractivity contribution in [3.8, 4) is 0 Å². The zero-order chi connectivity index (χ0) is 16.0. The number of hydrogen-bond acceptors (Lipinski definition) is 4. The third-order valence-electron chi connectivity index (χ3n) is 3.99. The van der Waals surface area contributed by atoms with E-state index in [1.807, 2.05) is 0 Å². The van der Waals surface area contributed by atoms with E-state index in [1.54, 1.807) is 25.3 Å². The molecule has 0 unspecified atom stereocenters. The first kappa shape index (κ1) is 17.7. The molecule has 0 amide bonds. The van der Waals surface area contributed by atoms with E-state index in [0.717, 1.165) is 39.1 Å². The summed E-state index contributed by atoms with van der Waals surface area (Å²) in [5.74, 6) is 0.382. The van der Waals surface area contributed by atoms with Crippen molar-refractivity contribution >= 4 is 21.6 Å². The summed E-state index contributed by atoms with van der Waals surface area (Å²) in [6.07, 6.45) is 2.00. The fourth-order valence-electron chi connectivity index (χ4n) is 2.58. The van der Waals surface area contributed by atoms with Crippen molar-refractivity contribution in [2.24, 2.45) is 5.92 Å². The van der Waals surface area contributed by atoms with Gasteiger partial charge in [-0.25, -0.2) is 13.1 Å². The van der Waals surface area contributed by atoms with Gasteiger partial charge in [-0.3, -0.25) is 0 Å². The molecule has 124 valence electrons. The molecule has 1 aliphatic rings. The second kappa shape index (κ2) is 8.26. The number of rotatable bonds is 7. The van der Waals surface area contributed by atoms with Crippen LogP contribution < -0.4 is 4.72 Å². The average Bonchev–Trinajstić information content (AvgIpc) is 2.52. The number of halogens is 1. The van der Waals surface area contributed by atoms with Gasteiger partial charge >= 0.3 is 0 Å². The molecule has 1 N–H and O–H groups in total. The van der Waals surface area contributed by atoms with Crippen LogP contribution in [0.3, 0.4) is 0 Å². The molecule has 0 radical (unpaired) electrons. The van der Waals surface area contributed by atoms with Gasteiger partial charge in [-0.05, 0) is 50.0 Å². The predicted octanol–water partition coefficient (Wildman–Crippen LogP) is 1.98. The Morgan fingerprint density at radius 2 is 2.09 bits per heavy atom. The second-order valence-electron chi connectivity index (χ2n) is 5.59. The Bertz CT molecular complexity index is 572. The Hall–Kier alpha value is -0.660. The molecule has 0 atom stereocenters. The maximum Gasteiger partial charge on any atom is 0.240 e. The number of hydrogen-bond donors (Lipinski definition) is 1. The van der Waals surface area contributed by atoms with Gasteiger partial charge in [0.2, 0.25) is 10.0 Å². The lowest BCUT2D eigenvalue weighted by atomic mass is 9.97. The lowest BCUT2D eigenvalue weighted by Crippen LogP contribution is -2.39. The first-order valence-electron chi connectivity index (χ1n) is 7.48. The number of ether oxygens (including phenoxy) is 1. The highest BCUT2D eigenvalue weighted by Crippen LogP contribution is 2.18. The Morgan fingerprint density at radius 3 is 2.73 bits per heavy atom. The molecule has 0 saturated carbocycles. The van der Waals surface area contributed by atoms with E-state index in [1.165, 1.54) is 6.07 Å². The first-order chi connectivity index (χ1) is 10.5. The van der Waals surface area contributed by atoms with Crippen LogP contribution in [-0.2, 0) is 14.8 Å². The summed E-state index contributed by atoms with van der Waals surface area (Å²) in [5.41, 5.74) is 0. The largest absolute Gasteiger partial charge is 0.383 e. The molecular weight excluding hydrogens is 324 g/mol. The van der Waals surface area contributed by atoms with Crippen molar-refractivity contribution in [3.63, 3.8) is 0 Å². The molecule has 0 aromatic heterocycles. The Morgan fingerprint density at radius 1 is 1.36 bits per heavy atom. The van der Waals surface area contributed by atoms with Gasteiger partial charge in [0.1, 0.15) is 0 Å². The van der Waals surface area contributed by atoms with Gasteiger partial charge in [-0.1, -0.05) is 17.7 Å². The van der Waals surface area contributed by atoms with Crippen molar-refractivity contribution in [1.82, 2.24) is 9.62 Å². The van der Waals surface area contributed by atoms with E-state index in [0.29, 0.717) is 17.5 Å². The summed E-state index contributed by atoms with van der Waals surface area (Å²) in [6.45, 7) is 4.15. The second-order valence-corrected chi connectivity index (χ2v) is 7.79. The molecule has 1 heterocycles. The standard InChI is InChI=1S/C15H23ClN2O3S/c1-21-10-9-18-7-5-13(6-8-18)12-17-22(19,20)15-4-2-3-14(16)11-15/h2-4,11,13,17H,5-10,12H2,1H3. The molecular formula is C15H23ClN2O3S. The topological polar surface area (TPSA) is 58.6 Å². The van der Waals surface area contributed by atoms with E-state index < -0.39 is 10.0 Å². The van der Waals surface area contributed by atoms with Crippen molar-refractivity contribution in [2.45, 2.75) is 17.7 Å². The molecule has 1 aromatic rings. The van der Waals surface area contributed by atoms with Crippen molar-refractivity contribution in [2.75, 3.05) is 39.9 Å². The summed E-state index contributed by atoms with van der Waals surface area (Å²) in [4.78, 5) is 2.57.